The first-order chi connectivity index (χ1) is 8.16. The number of anilines is 1. The van der Waals surface area contributed by atoms with Crippen molar-refractivity contribution in [3.63, 3.8) is 0 Å². The van der Waals surface area contributed by atoms with Crippen LogP contribution in [0.4, 0.5) is 5.69 Å². The fourth-order valence-corrected chi connectivity index (χ4v) is 3.07. The highest BCUT2D eigenvalue weighted by molar-refractivity contribution is 7.89. The van der Waals surface area contributed by atoms with Gasteiger partial charge in [-0.05, 0) is 37.1 Å². The quantitative estimate of drug-likeness (QED) is 0.751. The van der Waals surface area contributed by atoms with Crippen molar-refractivity contribution in [2.75, 3.05) is 19.3 Å². The summed E-state index contributed by atoms with van der Waals surface area (Å²) in [5, 5.41) is 0. The Hall–Kier alpha value is -1.60. The Labute approximate surface area is 107 Å². The second kappa shape index (κ2) is 4.95. The standard InChI is InChI=1S/C11H17N3O3S/c1-7-4-9(12)8(2)10(5-7)18(16,17)14(3)6-11(13)15/h4-5H,6,12H2,1-3H3,(H2,13,15). The number of carbonyl (C=O) groups is 1. The molecule has 1 aromatic carbocycles. The van der Waals surface area contributed by atoms with E-state index >= 15 is 0 Å². The predicted molar refractivity (Wildman–Crippen MR) is 69.3 cm³/mol. The number of carbonyl (C=O) groups excluding carboxylic acids is 1. The average Bonchev–Trinajstić information content (AvgIpc) is 2.22. The molecular formula is C11H17N3O3S. The predicted octanol–water partition coefficient (Wildman–Crippen LogP) is -0.00856. The smallest absolute Gasteiger partial charge is 0.243 e. The average molecular weight is 271 g/mol. The fourth-order valence-electron chi connectivity index (χ4n) is 1.59. The fraction of sp³-hybridized carbons (Fsp3) is 0.364. The number of primary amides is 1. The Morgan fingerprint density at radius 3 is 2.39 bits per heavy atom. The van der Waals surface area contributed by atoms with Crippen LogP contribution in [0.5, 0.6) is 0 Å². The molecule has 4 N–H and O–H groups in total. The van der Waals surface area contributed by atoms with Crippen LogP contribution in [0, 0.1) is 13.8 Å². The van der Waals surface area contributed by atoms with Crippen LogP contribution in [0.1, 0.15) is 11.1 Å². The molecule has 0 saturated heterocycles. The molecule has 100 valence electrons. The van der Waals surface area contributed by atoms with Crippen LogP contribution in [-0.2, 0) is 14.8 Å². The number of amides is 1. The van der Waals surface area contributed by atoms with Gasteiger partial charge in [-0.15, -0.1) is 0 Å². The molecule has 18 heavy (non-hydrogen) atoms. The van der Waals surface area contributed by atoms with E-state index in [9.17, 15) is 13.2 Å². The minimum absolute atomic E-state index is 0.101. The number of nitrogens with two attached hydrogens (primary N) is 2. The third-order valence-corrected chi connectivity index (χ3v) is 4.54. The lowest BCUT2D eigenvalue weighted by atomic mass is 10.1. The number of nitrogens with zero attached hydrogens (tertiary/aromatic N) is 1. The van der Waals surface area contributed by atoms with Crippen LogP contribution >= 0.6 is 0 Å². The minimum Gasteiger partial charge on any atom is -0.398 e. The molecule has 1 aromatic rings. The summed E-state index contributed by atoms with van der Waals surface area (Å²) in [6.45, 7) is 3.01. The largest absolute Gasteiger partial charge is 0.398 e. The first-order valence-corrected chi connectivity index (χ1v) is 6.71. The molecule has 0 radical (unpaired) electrons. The van der Waals surface area contributed by atoms with Crippen LogP contribution in [-0.4, -0.2) is 32.2 Å². The molecule has 0 heterocycles. The summed E-state index contributed by atoms with van der Waals surface area (Å²) in [5.74, 6) is -0.709. The minimum atomic E-state index is -3.76. The van der Waals surface area contributed by atoms with E-state index in [1.165, 1.54) is 13.1 Å². The van der Waals surface area contributed by atoms with Gasteiger partial charge in [0.1, 0.15) is 0 Å². The lowest BCUT2D eigenvalue weighted by Crippen LogP contribution is -2.35. The van der Waals surface area contributed by atoms with Crippen LogP contribution in [0.25, 0.3) is 0 Å². The van der Waals surface area contributed by atoms with Crippen molar-refractivity contribution in [3.8, 4) is 0 Å². The van der Waals surface area contributed by atoms with Gasteiger partial charge >= 0.3 is 0 Å². The van der Waals surface area contributed by atoms with Gasteiger partial charge in [-0.1, -0.05) is 0 Å². The number of benzene rings is 1. The monoisotopic (exact) mass is 271 g/mol. The summed E-state index contributed by atoms with van der Waals surface area (Å²) in [4.78, 5) is 10.9. The van der Waals surface area contributed by atoms with Crippen molar-refractivity contribution >= 4 is 21.6 Å². The molecule has 0 aliphatic heterocycles. The molecular weight excluding hydrogens is 254 g/mol. The van der Waals surface area contributed by atoms with E-state index < -0.39 is 15.9 Å². The zero-order valence-corrected chi connectivity index (χ0v) is 11.4. The van der Waals surface area contributed by atoms with Gasteiger partial charge in [0.25, 0.3) is 0 Å². The van der Waals surface area contributed by atoms with Crippen molar-refractivity contribution in [3.05, 3.63) is 23.3 Å². The van der Waals surface area contributed by atoms with E-state index in [0.717, 1.165) is 9.87 Å². The summed E-state index contributed by atoms with van der Waals surface area (Å²) in [6, 6.07) is 3.22. The summed E-state index contributed by atoms with van der Waals surface area (Å²) in [6.07, 6.45) is 0. The zero-order chi connectivity index (χ0) is 14.1. The molecule has 1 rings (SSSR count). The molecule has 1 amide bonds. The number of rotatable bonds is 4. The van der Waals surface area contributed by atoms with Gasteiger partial charge in [0.2, 0.25) is 15.9 Å². The molecule has 0 atom stereocenters. The van der Waals surface area contributed by atoms with Gasteiger partial charge in [-0.25, -0.2) is 8.42 Å². The van der Waals surface area contributed by atoms with Crippen molar-refractivity contribution in [2.45, 2.75) is 18.7 Å². The van der Waals surface area contributed by atoms with Crippen LogP contribution < -0.4 is 11.5 Å². The third kappa shape index (κ3) is 2.80. The Morgan fingerprint density at radius 1 is 1.33 bits per heavy atom. The van der Waals surface area contributed by atoms with Crippen LogP contribution in [0.2, 0.25) is 0 Å². The highest BCUT2D eigenvalue weighted by Crippen LogP contribution is 2.25. The lowest BCUT2D eigenvalue weighted by Gasteiger charge is -2.18. The molecule has 0 unspecified atom stereocenters. The summed E-state index contributed by atoms with van der Waals surface area (Å²) < 4.78 is 25.4. The molecule has 0 aromatic heterocycles. The highest BCUT2D eigenvalue weighted by atomic mass is 32.2. The first kappa shape index (κ1) is 14.5. The normalized spacial score (nSPS) is 11.8. The maximum atomic E-state index is 12.3. The number of aryl methyl sites for hydroxylation is 1. The zero-order valence-electron chi connectivity index (χ0n) is 10.6. The molecule has 0 fully saturated rings. The van der Waals surface area contributed by atoms with E-state index in [1.807, 2.05) is 0 Å². The van der Waals surface area contributed by atoms with E-state index in [2.05, 4.69) is 0 Å². The molecule has 6 nitrogen and oxygen atoms in total. The van der Waals surface area contributed by atoms with Crippen molar-refractivity contribution in [2.24, 2.45) is 5.73 Å². The van der Waals surface area contributed by atoms with Gasteiger partial charge in [-0.2, -0.15) is 4.31 Å². The number of hydrogen-bond acceptors (Lipinski definition) is 4. The molecule has 0 bridgehead atoms. The number of nitrogen functional groups attached to an aromatic ring is 1. The van der Waals surface area contributed by atoms with Gasteiger partial charge in [0, 0.05) is 12.7 Å². The van der Waals surface area contributed by atoms with Crippen molar-refractivity contribution in [1.29, 1.82) is 0 Å². The summed E-state index contributed by atoms with van der Waals surface area (Å²) in [5.41, 5.74) is 12.4. The number of likely N-dealkylation sites (N-methyl/N-ethyl adjacent to an activating group) is 1. The topological polar surface area (TPSA) is 106 Å². The Morgan fingerprint density at radius 2 is 1.89 bits per heavy atom. The SMILES string of the molecule is Cc1cc(N)c(C)c(S(=O)(=O)N(C)CC(N)=O)c1. The summed E-state index contributed by atoms with van der Waals surface area (Å²) in [7, 11) is -2.45. The van der Waals surface area contributed by atoms with Crippen molar-refractivity contribution < 1.29 is 13.2 Å². The molecule has 0 saturated carbocycles. The maximum absolute atomic E-state index is 12.3. The van der Waals surface area contributed by atoms with E-state index in [-0.39, 0.29) is 11.4 Å². The molecule has 0 spiro atoms. The van der Waals surface area contributed by atoms with E-state index in [4.69, 9.17) is 11.5 Å². The van der Waals surface area contributed by atoms with Gasteiger partial charge in [-0.3, -0.25) is 4.79 Å². The number of hydrogen-bond donors (Lipinski definition) is 2. The first-order valence-electron chi connectivity index (χ1n) is 5.27. The van der Waals surface area contributed by atoms with Crippen LogP contribution in [0.3, 0.4) is 0 Å². The second-order valence-corrected chi connectivity index (χ2v) is 6.22. The third-order valence-electron chi connectivity index (χ3n) is 2.61. The lowest BCUT2D eigenvalue weighted by molar-refractivity contribution is -0.118. The Bertz CT molecular complexity index is 581. The van der Waals surface area contributed by atoms with Gasteiger partial charge < -0.3 is 11.5 Å². The van der Waals surface area contributed by atoms with E-state index in [1.54, 1.807) is 19.9 Å². The Kier molecular flexibility index (Phi) is 3.98. The van der Waals surface area contributed by atoms with E-state index in [0.29, 0.717) is 11.3 Å². The Balaban J connectivity index is 3.33. The highest BCUT2D eigenvalue weighted by Gasteiger charge is 2.25. The molecule has 0 aliphatic rings. The van der Waals surface area contributed by atoms with Crippen LogP contribution in [0.15, 0.2) is 17.0 Å². The van der Waals surface area contributed by atoms with Gasteiger partial charge in [0.15, 0.2) is 0 Å². The second-order valence-electron chi connectivity index (χ2n) is 4.20. The van der Waals surface area contributed by atoms with Gasteiger partial charge in [0.05, 0.1) is 11.4 Å². The summed E-state index contributed by atoms with van der Waals surface area (Å²) >= 11 is 0. The molecule has 7 heteroatoms. The maximum Gasteiger partial charge on any atom is 0.243 e. The molecule has 0 aliphatic carbocycles. The van der Waals surface area contributed by atoms with Crippen molar-refractivity contribution in [1.82, 2.24) is 4.31 Å². The number of sulfonamides is 1.